The van der Waals surface area contributed by atoms with Crippen LogP contribution in [0.1, 0.15) is 40.0 Å². The van der Waals surface area contributed by atoms with E-state index in [-0.39, 0.29) is 0 Å². The molecule has 0 spiro atoms. The summed E-state index contributed by atoms with van der Waals surface area (Å²) in [6.45, 7) is 8.18. The van der Waals surface area contributed by atoms with E-state index in [9.17, 15) is 0 Å². The Balaban J connectivity index is 4.06. The molecule has 0 aliphatic heterocycles. The standard InChI is InChI=1S/C12H24Br3O3P/c1-4-10(13)7-16-19(17-8-11(14)5-2)18-9-12(15)6-3/h10-12H,4-9H2,1-3H3. The van der Waals surface area contributed by atoms with Gasteiger partial charge in [0.2, 0.25) is 0 Å². The van der Waals surface area contributed by atoms with Crippen LogP contribution in [0.4, 0.5) is 0 Å². The lowest BCUT2D eigenvalue weighted by Crippen LogP contribution is -2.12. The fourth-order valence-electron chi connectivity index (χ4n) is 0.891. The second-order valence-electron chi connectivity index (χ2n) is 4.13. The molecule has 7 heteroatoms. The molecule has 3 unspecified atom stereocenters. The Bertz CT molecular complexity index is 179. The number of hydrogen-bond donors (Lipinski definition) is 0. The van der Waals surface area contributed by atoms with Crippen LogP contribution in [0.5, 0.6) is 0 Å². The zero-order valence-corrected chi connectivity index (χ0v) is 17.4. The molecule has 116 valence electrons. The van der Waals surface area contributed by atoms with Crippen LogP contribution in [0.15, 0.2) is 0 Å². The normalized spacial score (nSPS) is 18.0. The summed E-state index contributed by atoms with van der Waals surface area (Å²) in [5, 5.41) is 0. The second kappa shape index (κ2) is 13.4. The lowest BCUT2D eigenvalue weighted by atomic mass is 10.4. The van der Waals surface area contributed by atoms with Crippen LogP contribution in [0, 0.1) is 0 Å². The van der Waals surface area contributed by atoms with Gasteiger partial charge in [-0.15, -0.1) is 0 Å². The highest BCUT2D eigenvalue weighted by Crippen LogP contribution is 2.41. The predicted molar refractivity (Wildman–Crippen MR) is 93.8 cm³/mol. The van der Waals surface area contributed by atoms with E-state index in [1.54, 1.807) is 0 Å². The van der Waals surface area contributed by atoms with E-state index in [4.69, 9.17) is 13.6 Å². The molecule has 0 aromatic heterocycles. The summed E-state index contributed by atoms with van der Waals surface area (Å²) < 4.78 is 17.1. The molecule has 0 saturated heterocycles. The summed E-state index contributed by atoms with van der Waals surface area (Å²) >= 11 is 10.6. The molecule has 0 aliphatic carbocycles. The van der Waals surface area contributed by atoms with Crippen molar-refractivity contribution in [2.75, 3.05) is 19.8 Å². The molecule has 0 aromatic rings. The fourth-order valence-corrected chi connectivity index (χ4v) is 3.03. The minimum Gasteiger partial charge on any atom is -0.311 e. The SMILES string of the molecule is CCC(Br)COP(OCC(Br)CC)OCC(Br)CC. The highest BCUT2D eigenvalue weighted by Gasteiger charge is 2.17. The van der Waals surface area contributed by atoms with E-state index in [1.165, 1.54) is 0 Å². The van der Waals surface area contributed by atoms with Gasteiger partial charge >= 0.3 is 8.60 Å². The van der Waals surface area contributed by atoms with Gasteiger partial charge < -0.3 is 13.6 Å². The Morgan fingerprint density at radius 2 is 0.947 bits per heavy atom. The van der Waals surface area contributed by atoms with Crippen molar-refractivity contribution >= 4 is 56.4 Å². The van der Waals surface area contributed by atoms with Crippen LogP contribution in [0.25, 0.3) is 0 Å². The zero-order valence-electron chi connectivity index (χ0n) is 11.8. The van der Waals surface area contributed by atoms with Gasteiger partial charge in [0.05, 0.1) is 19.8 Å². The van der Waals surface area contributed by atoms with Crippen molar-refractivity contribution in [1.29, 1.82) is 0 Å². The van der Waals surface area contributed by atoms with Gasteiger partial charge in [0.25, 0.3) is 0 Å². The van der Waals surface area contributed by atoms with Crippen molar-refractivity contribution in [3.05, 3.63) is 0 Å². The van der Waals surface area contributed by atoms with E-state index < -0.39 is 8.60 Å². The average molecular weight is 487 g/mol. The summed E-state index contributed by atoms with van der Waals surface area (Å²) in [7, 11) is -1.27. The van der Waals surface area contributed by atoms with Crippen LogP contribution >= 0.6 is 56.4 Å². The van der Waals surface area contributed by atoms with Gasteiger partial charge in [-0.05, 0) is 19.3 Å². The largest absolute Gasteiger partial charge is 0.332 e. The van der Waals surface area contributed by atoms with Gasteiger partial charge in [0.15, 0.2) is 0 Å². The van der Waals surface area contributed by atoms with Gasteiger partial charge in [-0.2, -0.15) is 0 Å². The topological polar surface area (TPSA) is 27.7 Å². The smallest absolute Gasteiger partial charge is 0.311 e. The third-order valence-corrected chi connectivity index (χ3v) is 6.23. The van der Waals surface area contributed by atoms with Crippen molar-refractivity contribution < 1.29 is 13.6 Å². The van der Waals surface area contributed by atoms with Crippen LogP contribution in [0.2, 0.25) is 0 Å². The first-order chi connectivity index (χ1) is 9.03. The molecule has 0 bridgehead atoms. The van der Waals surface area contributed by atoms with Crippen molar-refractivity contribution in [1.82, 2.24) is 0 Å². The maximum Gasteiger partial charge on any atom is 0.332 e. The Hall–Kier alpha value is 1.75. The molecule has 0 aliphatic rings. The number of halogens is 3. The summed E-state index contributed by atoms with van der Waals surface area (Å²) in [5.41, 5.74) is 0. The molecule has 3 nitrogen and oxygen atoms in total. The minimum absolute atomic E-state index is 0.349. The lowest BCUT2D eigenvalue weighted by molar-refractivity contribution is 0.161. The highest BCUT2D eigenvalue weighted by molar-refractivity contribution is 9.10. The van der Waals surface area contributed by atoms with Crippen LogP contribution < -0.4 is 0 Å². The van der Waals surface area contributed by atoms with E-state index in [2.05, 4.69) is 68.6 Å². The van der Waals surface area contributed by atoms with Crippen LogP contribution in [0.3, 0.4) is 0 Å². The van der Waals surface area contributed by atoms with Crippen molar-refractivity contribution in [2.45, 2.75) is 54.5 Å². The predicted octanol–water partition coefficient (Wildman–Crippen LogP) is 5.78. The maximum atomic E-state index is 5.72. The first-order valence-electron chi connectivity index (χ1n) is 6.64. The first-order valence-corrected chi connectivity index (χ1v) is 10.5. The highest BCUT2D eigenvalue weighted by atomic mass is 79.9. The van der Waals surface area contributed by atoms with Crippen molar-refractivity contribution in [3.8, 4) is 0 Å². The molecule has 0 N–H and O–H groups in total. The molecule has 0 heterocycles. The molecule has 0 saturated carbocycles. The van der Waals surface area contributed by atoms with Crippen LogP contribution in [-0.4, -0.2) is 34.3 Å². The number of hydrogen-bond acceptors (Lipinski definition) is 3. The quantitative estimate of drug-likeness (QED) is 0.258. The first kappa shape index (κ1) is 20.8. The van der Waals surface area contributed by atoms with E-state index in [0.717, 1.165) is 19.3 Å². The monoisotopic (exact) mass is 484 g/mol. The Morgan fingerprint density at radius 1 is 0.684 bits per heavy atom. The minimum atomic E-state index is -1.27. The van der Waals surface area contributed by atoms with Crippen molar-refractivity contribution in [2.24, 2.45) is 0 Å². The zero-order chi connectivity index (χ0) is 14.7. The van der Waals surface area contributed by atoms with Gasteiger partial charge in [-0.25, -0.2) is 0 Å². The summed E-state index contributed by atoms with van der Waals surface area (Å²) in [6.07, 6.45) is 3.07. The molecule has 3 atom stereocenters. The van der Waals surface area contributed by atoms with Gasteiger partial charge in [0, 0.05) is 14.5 Å². The van der Waals surface area contributed by atoms with E-state index >= 15 is 0 Å². The number of rotatable bonds is 12. The molecule has 0 aromatic carbocycles. The van der Waals surface area contributed by atoms with Crippen LogP contribution in [-0.2, 0) is 13.6 Å². The summed E-state index contributed by atoms with van der Waals surface area (Å²) in [6, 6.07) is 0. The van der Waals surface area contributed by atoms with Gasteiger partial charge in [0.1, 0.15) is 0 Å². The fraction of sp³-hybridized carbons (Fsp3) is 1.00. The van der Waals surface area contributed by atoms with Gasteiger partial charge in [-0.1, -0.05) is 68.6 Å². The molecule has 0 fully saturated rings. The van der Waals surface area contributed by atoms with Crippen molar-refractivity contribution in [3.63, 3.8) is 0 Å². The number of alkyl halides is 3. The Kier molecular flexibility index (Phi) is 14.7. The second-order valence-corrected chi connectivity index (χ2v) is 9.23. The van der Waals surface area contributed by atoms with E-state index in [1.807, 2.05) is 0 Å². The average Bonchev–Trinajstić information content (AvgIpc) is 2.44. The molecule has 0 rings (SSSR count). The molecule has 0 amide bonds. The third-order valence-electron chi connectivity index (χ3n) is 2.41. The maximum absolute atomic E-state index is 5.72. The summed E-state index contributed by atoms with van der Waals surface area (Å²) in [5.74, 6) is 0. The summed E-state index contributed by atoms with van der Waals surface area (Å²) in [4.78, 5) is 1.05. The van der Waals surface area contributed by atoms with Gasteiger partial charge in [-0.3, -0.25) is 0 Å². The van der Waals surface area contributed by atoms with E-state index in [0.29, 0.717) is 34.3 Å². The molecule has 19 heavy (non-hydrogen) atoms. The Morgan fingerprint density at radius 3 is 1.16 bits per heavy atom. The molecular weight excluding hydrogens is 463 g/mol. The third kappa shape index (κ3) is 12.0. The molecule has 0 radical (unpaired) electrons. The molecular formula is C12H24Br3O3P. The Labute approximate surface area is 143 Å². The lowest BCUT2D eigenvalue weighted by Gasteiger charge is -2.20.